The van der Waals surface area contributed by atoms with Crippen LogP contribution in [-0.2, 0) is 26.2 Å². The molecule has 0 radical (unpaired) electrons. The molecule has 9 heteroatoms. The van der Waals surface area contributed by atoms with E-state index in [0.29, 0.717) is 25.3 Å². The van der Waals surface area contributed by atoms with Gasteiger partial charge < -0.3 is 15.0 Å². The Labute approximate surface area is 238 Å². The monoisotopic (exact) mass is 565 g/mol. The van der Waals surface area contributed by atoms with Crippen molar-refractivity contribution in [1.82, 2.24) is 10.2 Å². The predicted octanol–water partition coefficient (Wildman–Crippen LogP) is 4.84. The molecule has 40 heavy (non-hydrogen) atoms. The summed E-state index contributed by atoms with van der Waals surface area (Å²) in [7, 11) is -4.18. The number of hydrogen-bond donors (Lipinski definition) is 1. The quantitative estimate of drug-likeness (QED) is 0.320. The zero-order valence-electron chi connectivity index (χ0n) is 23.9. The summed E-state index contributed by atoms with van der Waals surface area (Å²) >= 11 is 0. The summed E-state index contributed by atoms with van der Waals surface area (Å²) in [6, 6.07) is 20.1. The molecule has 3 aromatic rings. The van der Waals surface area contributed by atoms with Crippen LogP contribution in [0.15, 0.2) is 77.7 Å². The topological polar surface area (TPSA) is 96.0 Å². The van der Waals surface area contributed by atoms with E-state index in [2.05, 4.69) is 5.32 Å². The van der Waals surface area contributed by atoms with E-state index in [1.807, 2.05) is 58.9 Å². The van der Waals surface area contributed by atoms with E-state index in [0.717, 1.165) is 21.0 Å². The molecular weight excluding hydrogens is 526 g/mol. The van der Waals surface area contributed by atoms with Gasteiger partial charge in [-0.3, -0.25) is 13.9 Å². The molecule has 8 nitrogen and oxygen atoms in total. The molecule has 0 heterocycles. The lowest BCUT2D eigenvalue weighted by atomic mass is 10.1. The first-order valence-corrected chi connectivity index (χ1v) is 15.0. The molecule has 0 aliphatic rings. The highest BCUT2D eigenvalue weighted by Gasteiger charge is 2.34. The summed E-state index contributed by atoms with van der Waals surface area (Å²) in [5, 5.41) is 2.82. The number of rotatable bonds is 13. The lowest BCUT2D eigenvalue weighted by Gasteiger charge is -2.33. The zero-order valence-corrected chi connectivity index (χ0v) is 24.7. The number of hydrogen-bond acceptors (Lipinski definition) is 5. The van der Waals surface area contributed by atoms with Crippen LogP contribution in [0.25, 0.3) is 0 Å². The number of ether oxygens (including phenoxy) is 1. The van der Waals surface area contributed by atoms with E-state index in [1.54, 1.807) is 36.4 Å². The van der Waals surface area contributed by atoms with Gasteiger partial charge in [-0.15, -0.1) is 0 Å². The fraction of sp³-hybridized carbons (Fsp3) is 0.355. The molecule has 0 aromatic heterocycles. The van der Waals surface area contributed by atoms with Crippen molar-refractivity contribution in [3.8, 4) is 5.75 Å². The minimum atomic E-state index is -4.18. The van der Waals surface area contributed by atoms with Gasteiger partial charge in [-0.05, 0) is 69.5 Å². The largest absolute Gasteiger partial charge is 0.492 e. The van der Waals surface area contributed by atoms with Crippen LogP contribution >= 0.6 is 0 Å². The van der Waals surface area contributed by atoms with Crippen LogP contribution in [0, 0.1) is 13.8 Å². The Morgan fingerprint density at radius 2 is 1.55 bits per heavy atom. The van der Waals surface area contributed by atoms with E-state index in [-0.39, 0.29) is 23.0 Å². The first-order valence-electron chi connectivity index (χ1n) is 13.6. The second-order valence-corrected chi connectivity index (χ2v) is 11.4. The van der Waals surface area contributed by atoms with Gasteiger partial charge in [-0.1, -0.05) is 61.0 Å². The third-order valence-electron chi connectivity index (χ3n) is 6.66. The summed E-state index contributed by atoms with van der Waals surface area (Å²) < 4.78 is 35.0. The van der Waals surface area contributed by atoms with Gasteiger partial charge in [0.15, 0.2) is 0 Å². The molecule has 0 spiro atoms. The molecule has 0 aliphatic heterocycles. The SMILES string of the molecule is CCNC(=O)[C@@H](CC)N(Cc1ccccc1C)C(=O)CN(c1ccccc1OCC)S(=O)(=O)c1ccc(C)cc1. The van der Waals surface area contributed by atoms with Crippen molar-refractivity contribution >= 4 is 27.5 Å². The summed E-state index contributed by atoms with van der Waals surface area (Å²) in [4.78, 5) is 28.8. The van der Waals surface area contributed by atoms with Gasteiger partial charge in [-0.2, -0.15) is 0 Å². The predicted molar refractivity (Wildman–Crippen MR) is 158 cm³/mol. The molecule has 0 saturated heterocycles. The molecule has 3 rings (SSSR count). The summed E-state index contributed by atoms with van der Waals surface area (Å²) in [5.41, 5.74) is 3.01. The number of amides is 2. The van der Waals surface area contributed by atoms with Crippen LogP contribution < -0.4 is 14.4 Å². The Morgan fingerprint density at radius 3 is 2.17 bits per heavy atom. The lowest BCUT2D eigenvalue weighted by molar-refractivity contribution is -0.140. The highest BCUT2D eigenvalue weighted by molar-refractivity contribution is 7.92. The summed E-state index contributed by atoms with van der Waals surface area (Å²) in [6.45, 7) is 9.66. The van der Waals surface area contributed by atoms with Crippen molar-refractivity contribution in [2.45, 2.75) is 58.5 Å². The van der Waals surface area contributed by atoms with Crippen LogP contribution in [-0.4, -0.2) is 50.9 Å². The number of anilines is 1. The van der Waals surface area contributed by atoms with Crippen molar-refractivity contribution in [2.24, 2.45) is 0 Å². The van der Waals surface area contributed by atoms with E-state index in [9.17, 15) is 18.0 Å². The second kappa shape index (κ2) is 14.0. The Hall–Kier alpha value is -3.85. The molecule has 0 aliphatic carbocycles. The second-order valence-electron chi connectivity index (χ2n) is 9.49. The number of likely N-dealkylation sites (N-methyl/N-ethyl adjacent to an activating group) is 1. The van der Waals surface area contributed by atoms with Gasteiger partial charge in [0.1, 0.15) is 18.3 Å². The third-order valence-corrected chi connectivity index (χ3v) is 8.43. The number of para-hydroxylation sites is 2. The summed E-state index contributed by atoms with van der Waals surface area (Å²) in [5.74, 6) is -0.437. The molecule has 0 bridgehead atoms. The van der Waals surface area contributed by atoms with Crippen LogP contribution in [0.2, 0.25) is 0 Å². The number of carbonyl (C=O) groups excluding carboxylic acids is 2. The maximum Gasteiger partial charge on any atom is 0.264 e. The van der Waals surface area contributed by atoms with Crippen molar-refractivity contribution in [3.63, 3.8) is 0 Å². The highest BCUT2D eigenvalue weighted by Crippen LogP contribution is 2.33. The molecule has 0 saturated carbocycles. The fourth-order valence-electron chi connectivity index (χ4n) is 4.47. The van der Waals surface area contributed by atoms with Gasteiger partial charge in [0.25, 0.3) is 10.0 Å². The minimum Gasteiger partial charge on any atom is -0.492 e. The van der Waals surface area contributed by atoms with E-state index in [4.69, 9.17) is 4.74 Å². The number of carbonyl (C=O) groups is 2. The molecule has 0 unspecified atom stereocenters. The average Bonchev–Trinajstić information content (AvgIpc) is 2.93. The lowest BCUT2D eigenvalue weighted by Crippen LogP contribution is -2.52. The molecule has 1 N–H and O–H groups in total. The maximum atomic E-state index is 14.2. The number of benzene rings is 3. The van der Waals surface area contributed by atoms with Crippen molar-refractivity contribution in [1.29, 1.82) is 0 Å². The van der Waals surface area contributed by atoms with Crippen LogP contribution in [0.5, 0.6) is 5.75 Å². The van der Waals surface area contributed by atoms with Gasteiger partial charge in [0, 0.05) is 13.1 Å². The third kappa shape index (κ3) is 7.21. The molecule has 0 fully saturated rings. The molecule has 214 valence electrons. The molecular formula is C31H39N3O5S. The molecule has 2 amide bonds. The summed E-state index contributed by atoms with van der Waals surface area (Å²) in [6.07, 6.45) is 0.365. The van der Waals surface area contributed by atoms with Crippen LogP contribution in [0.1, 0.15) is 43.9 Å². The van der Waals surface area contributed by atoms with Crippen LogP contribution in [0.3, 0.4) is 0 Å². The van der Waals surface area contributed by atoms with Crippen molar-refractivity contribution in [2.75, 3.05) is 24.0 Å². The Bertz CT molecular complexity index is 1410. The van der Waals surface area contributed by atoms with Gasteiger partial charge in [0.05, 0.1) is 17.2 Å². The Kier molecular flexibility index (Phi) is 10.7. The minimum absolute atomic E-state index is 0.0541. The number of nitrogens with one attached hydrogen (secondary N) is 1. The average molecular weight is 566 g/mol. The molecule has 3 aromatic carbocycles. The first-order chi connectivity index (χ1) is 19.1. The molecule has 1 atom stereocenters. The number of nitrogens with zero attached hydrogens (tertiary/aromatic N) is 2. The van der Waals surface area contributed by atoms with Crippen LogP contribution in [0.4, 0.5) is 5.69 Å². The van der Waals surface area contributed by atoms with Gasteiger partial charge in [-0.25, -0.2) is 8.42 Å². The van der Waals surface area contributed by atoms with Crippen molar-refractivity contribution < 1.29 is 22.7 Å². The fourth-order valence-corrected chi connectivity index (χ4v) is 5.90. The van der Waals surface area contributed by atoms with E-state index < -0.39 is 28.5 Å². The number of sulfonamides is 1. The van der Waals surface area contributed by atoms with E-state index in [1.165, 1.54) is 17.0 Å². The van der Waals surface area contributed by atoms with E-state index >= 15 is 0 Å². The Morgan fingerprint density at radius 1 is 0.900 bits per heavy atom. The zero-order chi connectivity index (χ0) is 29.3. The highest BCUT2D eigenvalue weighted by atomic mass is 32.2. The Balaban J connectivity index is 2.12. The first kappa shape index (κ1) is 30.7. The van der Waals surface area contributed by atoms with Gasteiger partial charge >= 0.3 is 0 Å². The standard InChI is InChI=1S/C31H39N3O5S/c1-6-27(31(36)32-7-2)33(21-25-14-10-9-13-24(25)5)30(35)22-34(28-15-11-12-16-29(28)39-8-3)40(37,38)26-19-17-23(4)18-20-26/h9-20,27H,6-8,21-22H2,1-5H3,(H,32,36)/t27-/m1/s1. The smallest absolute Gasteiger partial charge is 0.264 e. The number of aryl methyl sites for hydroxylation is 2. The maximum absolute atomic E-state index is 14.2. The van der Waals surface area contributed by atoms with Crippen molar-refractivity contribution in [3.05, 3.63) is 89.5 Å². The normalized spacial score (nSPS) is 11.9. The van der Waals surface area contributed by atoms with Gasteiger partial charge in [0.2, 0.25) is 11.8 Å².